The standard InChI is InChI=1S/C39H43N2O6.F6P/c1-40-21-22-41(29-40)23-30-17-19-34(20-18-30)27-46-39-36(42)38(45-26-33-15-9-4-10-16-33)37(44-25-32-13-7-3-8-14-32)35(47-39)28-43-24-31-11-5-2-6-12-31;1-7(2,3,4,5)6/h2-22,29,35-39,42H,23-28H2,1H3;/q+1;-1/t35-,36+,37-,38-,39+;/m1./s1. The van der Waals surface area contributed by atoms with E-state index in [4.69, 9.17) is 23.7 Å². The van der Waals surface area contributed by atoms with Crippen molar-refractivity contribution in [3.8, 4) is 0 Å². The summed E-state index contributed by atoms with van der Waals surface area (Å²) in [5.74, 6) is 0. The predicted octanol–water partition coefficient (Wildman–Crippen LogP) is 8.73. The van der Waals surface area contributed by atoms with Gasteiger partial charge in [0.1, 0.15) is 43.4 Å². The number of halogens is 6. The summed E-state index contributed by atoms with van der Waals surface area (Å²) in [7, 11) is -8.65. The van der Waals surface area contributed by atoms with Gasteiger partial charge in [-0.25, -0.2) is 9.13 Å². The molecule has 0 unspecified atom stereocenters. The predicted molar refractivity (Wildman–Crippen MR) is 190 cm³/mol. The Kier molecular flexibility index (Phi) is 13.3. The number of aromatic nitrogens is 2. The number of hydrogen-bond donors (Lipinski definition) is 1. The molecule has 1 fully saturated rings. The first-order valence-electron chi connectivity index (χ1n) is 17.1. The summed E-state index contributed by atoms with van der Waals surface area (Å²) in [5, 5.41) is 11.7. The van der Waals surface area contributed by atoms with Gasteiger partial charge >= 0.3 is 33.0 Å². The average Bonchev–Trinajstić information content (AvgIpc) is 3.55. The molecule has 5 atom stereocenters. The normalized spacial score (nSPS) is 21.4. The Labute approximate surface area is 309 Å². The zero-order valence-corrected chi connectivity index (χ0v) is 30.3. The van der Waals surface area contributed by atoms with Crippen LogP contribution in [0.15, 0.2) is 134 Å². The number of imidazole rings is 1. The number of aryl methyl sites for hydroxylation is 1. The van der Waals surface area contributed by atoms with E-state index in [1.165, 1.54) is 5.56 Å². The van der Waals surface area contributed by atoms with Crippen LogP contribution >= 0.6 is 7.81 Å². The molecule has 0 bridgehead atoms. The van der Waals surface area contributed by atoms with Crippen LogP contribution in [0.2, 0.25) is 0 Å². The van der Waals surface area contributed by atoms with E-state index in [0.717, 1.165) is 28.8 Å². The van der Waals surface area contributed by atoms with Gasteiger partial charge in [0.2, 0.25) is 6.33 Å². The molecule has 54 heavy (non-hydrogen) atoms. The maximum absolute atomic E-state index is 11.7. The maximum atomic E-state index is 11.7. The van der Waals surface area contributed by atoms with Crippen LogP contribution in [-0.2, 0) is 63.7 Å². The van der Waals surface area contributed by atoms with Gasteiger partial charge in [-0.1, -0.05) is 115 Å². The summed E-state index contributed by atoms with van der Waals surface area (Å²) >= 11 is 0. The van der Waals surface area contributed by atoms with Gasteiger partial charge in [0.15, 0.2) is 6.29 Å². The molecular formula is C39H43F6N2O6P. The molecule has 292 valence electrons. The molecule has 1 aliphatic heterocycles. The number of hydrogen-bond acceptors (Lipinski definition) is 6. The van der Waals surface area contributed by atoms with Crippen molar-refractivity contribution in [2.45, 2.75) is 63.7 Å². The third kappa shape index (κ3) is 14.9. The van der Waals surface area contributed by atoms with Gasteiger partial charge in [0, 0.05) is 0 Å². The average molecular weight is 781 g/mol. The molecule has 0 aliphatic carbocycles. The van der Waals surface area contributed by atoms with Crippen molar-refractivity contribution in [1.29, 1.82) is 0 Å². The van der Waals surface area contributed by atoms with E-state index in [2.05, 4.69) is 16.7 Å². The summed E-state index contributed by atoms with van der Waals surface area (Å²) < 4.78 is 95.1. The Balaban J connectivity index is 0.000000730. The van der Waals surface area contributed by atoms with Gasteiger partial charge < -0.3 is 28.8 Å². The number of ether oxygens (including phenoxy) is 5. The molecule has 0 saturated carbocycles. The van der Waals surface area contributed by atoms with Gasteiger partial charge in [-0.15, -0.1) is 0 Å². The molecule has 0 spiro atoms. The molecule has 6 rings (SSSR count). The Bertz CT molecular complexity index is 1840. The first-order chi connectivity index (χ1) is 25.6. The second-order valence-electron chi connectivity index (χ2n) is 12.9. The fourth-order valence-electron chi connectivity index (χ4n) is 5.68. The van der Waals surface area contributed by atoms with E-state index in [1.807, 2.05) is 133 Å². The van der Waals surface area contributed by atoms with Crippen molar-refractivity contribution in [1.82, 2.24) is 4.57 Å². The summed E-state index contributed by atoms with van der Waals surface area (Å²) in [4.78, 5) is 0. The summed E-state index contributed by atoms with van der Waals surface area (Å²) in [6, 6.07) is 38.1. The van der Waals surface area contributed by atoms with E-state index in [-0.39, 0.29) is 13.2 Å². The SMILES string of the molecule is C[n+]1ccn(Cc2ccc(CO[C@H]3O[C@H](COCc4ccccc4)[C@@H](OCc4ccccc4)[C@H](OCc4ccccc4)[C@@H]3O)cc2)c1.F[P-](F)(F)(F)(F)F. The number of benzene rings is 4. The van der Waals surface area contributed by atoms with E-state index < -0.39 is 38.5 Å². The molecule has 1 aromatic heterocycles. The van der Waals surface area contributed by atoms with Crippen molar-refractivity contribution >= 4 is 7.81 Å². The quantitative estimate of drug-likeness (QED) is 0.0651. The van der Waals surface area contributed by atoms with Gasteiger partial charge in [0.05, 0.1) is 40.1 Å². The molecule has 8 nitrogen and oxygen atoms in total. The molecule has 4 aromatic carbocycles. The zero-order chi connectivity index (χ0) is 38.7. The van der Waals surface area contributed by atoms with Crippen LogP contribution < -0.4 is 4.57 Å². The van der Waals surface area contributed by atoms with Gasteiger partial charge in [0.25, 0.3) is 0 Å². The Morgan fingerprint density at radius 3 is 1.57 bits per heavy atom. The number of aliphatic hydroxyl groups is 1. The summed E-state index contributed by atoms with van der Waals surface area (Å²) in [6.07, 6.45) is 2.18. The van der Waals surface area contributed by atoms with Crippen LogP contribution in [0.1, 0.15) is 27.8 Å². The molecule has 2 heterocycles. The molecule has 15 heteroatoms. The first-order valence-corrected chi connectivity index (χ1v) is 19.1. The van der Waals surface area contributed by atoms with Gasteiger partial charge in [-0.2, -0.15) is 0 Å². The van der Waals surface area contributed by atoms with Gasteiger partial charge in [-0.3, -0.25) is 0 Å². The fraction of sp³-hybridized carbons (Fsp3) is 0.308. The molecule has 0 radical (unpaired) electrons. The van der Waals surface area contributed by atoms with Crippen LogP contribution in [0, 0.1) is 0 Å². The number of nitrogens with zero attached hydrogens (tertiary/aromatic N) is 2. The van der Waals surface area contributed by atoms with Crippen molar-refractivity contribution in [3.63, 3.8) is 0 Å². The van der Waals surface area contributed by atoms with Crippen LogP contribution in [-0.4, -0.2) is 47.0 Å². The number of rotatable bonds is 15. The fourth-order valence-corrected chi connectivity index (χ4v) is 5.68. The monoisotopic (exact) mass is 780 g/mol. The Hall–Kier alpha value is -4.14. The second kappa shape index (κ2) is 17.5. The second-order valence-corrected chi connectivity index (χ2v) is 14.8. The molecule has 0 amide bonds. The summed E-state index contributed by atoms with van der Waals surface area (Å²) in [6.45, 7) is 2.34. The molecule has 1 aliphatic rings. The molecular weight excluding hydrogens is 737 g/mol. The third-order valence-corrected chi connectivity index (χ3v) is 8.20. The molecule has 1 saturated heterocycles. The third-order valence-electron chi connectivity index (χ3n) is 8.20. The minimum absolute atomic E-state index is 0.234. The van der Waals surface area contributed by atoms with E-state index in [0.29, 0.717) is 19.8 Å². The van der Waals surface area contributed by atoms with Crippen molar-refractivity contribution in [2.24, 2.45) is 7.05 Å². The molecule has 5 aromatic rings. The Morgan fingerprint density at radius 2 is 1.07 bits per heavy atom. The van der Waals surface area contributed by atoms with Crippen molar-refractivity contribution in [3.05, 3.63) is 162 Å². The van der Waals surface area contributed by atoms with Crippen molar-refractivity contribution < 1.29 is 58.5 Å². The minimum atomic E-state index is -10.7. The van der Waals surface area contributed by atoms with E-state index >= 15 is 0 Å². The topological polar surface area (TPSA) is 75.2 Å². The number of aliphatic hydroxyl groups excluding tert-OH is 1. The molecule has 1 N–H and O–H groups in total. The Morgan fingerprint density at radius 1 is 0.630 bits per heavy atom. The van der Waals surface area contributed by atoms with Crippen LogP contribution in [0.5, 0.6) is 0 Å². The zero-order valence-electron chi connectivity index (χ0n) is 29.4. The van der Waals surface area contributed by atoms with E-state index in [9.17, 15) is 30.3 Å². The van der Waals surface area contributed by atoms with Crippen LogP contribution in [0.4, 0.5) is 25.2 Å². The first kappa shape index (κ1) is 41.0. The van der Waals surface area contributed by atoms with Crippen molar-refractivity contribution in [2.75, 3.05) is 6.61 Å². The van der Waals surface area contributed by atoms with Crippen LogP contribution in [0.25, 0.3) is 0 Å². The van der Waals surface area contributed by atoms with E-state index in [1.54, 1.807) is 0 Å². The summed E-state index contributed by atoms with van der Waals surface area (Å²) in [5.41, 5.74) is 5.23. The van der Waals surface area contributed by atoms with Crippen LogP contribution in [0.3, 0.4) is 0 Å². The van der Waals surface area contributed by atoms with Gasteiger partial charge in [-0.05, 0) is 27.8 Å².